The molecule has 1 fully saturated rings. The van der Waals surface area contributed by atoms with Gasteiger partial charge in [-0.05, 0) is 11.6 Å². The molecule has 1 saturated heterocycles. The SMILES string of the molecule is FC(F)(Cl)C1OO1. The van der Waals surface area contributed by atoms with Crippen LogP contribution in [0.5, 0.6) is 0 Å². The van der Waals surface area contributed by atoms with E-state index in [1.54, 1.807) is 0 Å². The second-order valence-electron chi connectivity index (χ2n) is 1.07. The first kappa shape index (κ1) is 5.21. The molecule has 0 radical (unpaired) electrons. The van der Waals surface area contributed by atoms with Gasteiger partial charge in [0.2, 0.25) is 0 Å². The van der Waals surface area contributed by atoms with Gasteiger partial charge in [-0.25, -0.2) is 0 Å². The van der Waals surface area contributed by atoms with Crippen LogP contribution in [0.4, 0.5) is 8.78 Å². The molecule has 0 aliphatic carbocycles. The summed E-state index contributed by atoms with van der Waals surface area (Å²) in [6.45, 7) is 0. The van der Waals surface area contributed by atoms with Gasteiger partial charge in [0.1, 0.15) is 0 Å². The Hall–Kier alpha value is 0.0700. The zero-order valence-electron chi connectivity index (χ0n) is 3.03. The molecule has 0 bridgehead atoms. The van der Waals surface area contributed by atoms with Gasteiger partial charge in [0.05, 0.1) is 0 Å². The first-order valence-corrected chi connectivity index (χ1v) is 1.87. The number of hydrogen-bond acceptors (Lipinski definition) is 2. The predicted molar refractivity (Wildman–Crippen MR) is 16.8 cm³/mol. The average Bonchev–Trinajstić information content (AvgIpc) is 1.99. The van der Waals surface area contributed by atoms with Crippen molar-refractivity contribution in [3.8, 4) is 0 Å². The second kappa shape index (κ2) is 1.27. The van der Waals surface area contributed by atoms with Gasteiger partial charge in [-0.3, -0.25) is 0 Å². The lowest BCUT2D eigenvalue weighted by Crippen LogP contribution is -2.13. The van der Waals surface area contributed by atoms with E-state index in [0.717, 1.165) is 0 Å². The van der Waals surface area contributed by atoms with Crippen LogP contribution in [-0.2, 0) is 9.78 Å². The highest BCUT2D eigenvalue weighted by Crippen LogP contribution is 2.34. The van der Waals surface area contributed by atoms with Crippen LogP contribution in [0.1, 0.15) is 0 Å². The number of alkyl halides is 3. The van der Waals surface area contributed by atoms with Crippen LogP contribution in [-0.4, -0.2) is 11.7 Å². The minimum Gasteiger partial charge on any atom is -0.190 e. The van der Waals surface area contributed by atoms with E-state index in [-0.39, 0.29) is 0 Å². The van der Waals surface area contributed by atoms with E-state index in [2.05, 4.69) is 21.4 Å². The molecule has 5 heteroatoms. The van der Waals surface area contributed by atoms with Crippen molar-refractivity contribution in [1.29, 1.82) is 0 Å². The van der Waals surface area contributed by atoms with Gasteiger partial charge >= 0.3 is 11.7 Å². The summed E-state index contributed by atoms with van der Waals surface area (Å²) in [6, 6.07) is 0. The van der Waals surface area contributed by atoms with Crippen LogP contribution in [0.15, 0.2) is 0 Å². The Labute approximate surface area is 42.9 Å². The lowest BCUT2D eigenvalue weighted by molar-refractivity contribution is 0.0599. The van der Waals surface area contributed by atoms with Crippen molar-refractivity contribution in [1.82, 2.24) is 0 Å². The van der Waals surface area contributed by atoms with Crippen LogP contribution in [0.25, 0.3) is 0 Å². The number of rotatable bonds is 1. The highest BCUT2D eigenvalue weighted by Gasteiger charge is 2.50. The molecule has 42 valence electrons. The monoisotopic (exact) mass is 130 g/mol. The van der Waals surface area contributed by atoms with Gasteiger partial charge in [-0.15, -0.1) is 0 Å². The number of hydrogen-bond donors (Lipinski definition) is 0. The van der Waals surface area contributed by atoms with Gasteiger partial charge in [0, 0.05) is 0 Å². The topological polar surface area (TPSA) is 25.1 Å². The van der Waals surface area contributed by atoms with Crippen LogP contribution in [0, 0.1) is 0 Å². The molecule has 0 unspecified atom stereocenters. The zero-order valence-corrected chi connectivity index (χ0v) is 3.78. The van der Waals surface area contributed by atoms with Crippen molar-refractivity contribution in [2.75, 3.05) is 0 Å². The molecule has 0 spiro atoms. The van der Waals surface area contributed by atoms with Crippen LogP contribution in [0.3, 0.4) is 0 Å². The standard InChI is InChI=1S/C2HClF2O2/c3-2(4,5)1-6-7-1/h1H. The molecule has 0 saturated carbocycles. The average molecular weight is 130 g/mol. The fraction of sp³-hybridized carbons (Fsp3) is 1.00. The minimum atomic E-state index is -3.36. The molecule has 1 aliphatic rings. The normalized spacial score (nSPS) is 22.7. The Bertz CT molecular complexity index is 76.2. The highest BCUT2D eigenvalue weighted by molar-refractivity contribution is 6.22. The summed E-state index contributed by atoms with van der Waals surface area (Å²) in [5.41, 5.74) is 0. The van der Waals surface area contributed by atoms with Gasteiger partial charge < -0.3 is 0 Å². The van der Waals surface area contributed by atoms with Crippen molar-refractivity contribution in [2.45, 2.75) is 11.7 Å². The summed E-state index contributed by atoms with van der Waals surface area (Å²) in [5, 5.41) is -3.36. The summed E-state index contributed by atoms with van der Waals surface area (Å²) in [7, 11) is 0. The molecular weight excluding hydrogens is 129 g/mol. The maximum atomic E-state index is 11.4. The fourth-order valence-corrected chi connectivity index (χ4v) is 0.210. The lowest BCUT2D eigenvalue weighted by atomic mass is 10.7. The van der Waals surface area contributed by atoms with Gasteiger partial charge in [0.15, 0.2) is 0 Å². The number of halogens is 3. The molecule has 0 aromatic carbocycles. The third-order valence-electron chi connectivity index (χ3n) is 0.460. The molecule has 1 aliphatic heterocycles. The van der Waals surface area contributed by atoms with Gasteiger partial charge in [-0.1, -0.05) is 0 Å². The van der Waals surface area contributed by atoms with E-state index >= 15 is 0 Å². The largest absolute Gasteiger partial charge is 0.377 e. The second-order valence-corrected chi connectivity index (χ2v) is 1.57. The summed E-state index contributed by atoms with van der Waals surface area (Å²) in [6.07, 6.45) is -1.52. The Balaban J connectivity index is 2.36. The highest BCUT2D eigenvalue weighted by atomic mass is 35.5. The summed E-state index contributed by atoms with van der Waals surface area (Å²) in [4.78, 5) is 7.38. The first-order chi connectivity index (χ1) is 3.11. The molecule has 7 heavy (non-hydrogen) atoms. The molecular formula is C2HClF2O2. The molecule has 0 aromatic rings. The quantitative estimate of drug-likeness (QED) is 0.302. The smallest absolute Gasteiger partial charge is 0.190 e. The Kier molecular flexibility index (Phi) is 0.948. The van der Waals surface area contributed by atoms with E-state index in [4.69, 9.17) is 0 Å². The lowest BCUT2D eigenvalue weighted by Gasteiger charge is -1.94. The van der Waals surface area contributed by atoms with Crippen molar-refractivity contribution >= 4 is 11.6 Å². The Morgan fingerprint density at radius 1 is 1.43 bits per heavy atom. The minimum absolute atomic E-state index is 1.52. The van der Waals surface area contributed by atoms with Crippen molar-refractivity contribution in [2.24, 2.45) is 0 Å². The summed E-state index contributed by atoms with van der Waals surface area (Å²) in [5.74, 6) is 0. The maximum absolute atomic E-state index is 11.4. The summed E-state index contributed by atoms with van der Waals surface area (Å²) >= 11 is 4.35. The van der Waals surface area contributed by atoms with Gasteiger partial charge in [-0.2, -0.15) is 18.6 Å². The van der Waals surface area contributed by atoms with E-state index < -0.39 is 11.7 Å². The molecule has 1 heterocycles. The third-order valence-corrected chi connectivity index (χ3v) is 0.638. The Morgan fingerprint density at radius 2 is 1.86 bits per heavy atom. The van der Waals surface area contributed by atoms with E-state index in [1.807, 2.05) is 0 Å². The van der Waals surface area contributed by atoms with E-state index in [1.165, 1.54) is 0 Å². The third kappa shape index (κ3) is 1.22. The fourth-order valence-electron chi connectivity index (χ4n) is 0.137. The van der Waals surface area contributed by atoms with Crippen molar-refractivity contribution < 1.29 is 18.6 Å². The van der Waals surface area contributed by atoms with Crippen LogP contribution < -0.4 is 0 Å². The van der Waals surface area contributed by atoms with Crippen LogP contribution in [0.2, 0.25) is 0 Å². The van der Waals surface area contributed by atoms with Crippen molar-refractivity contribution in [3.63, 3.8) is 0 Å². The predicted octanol–water partition coefficient (Wildman–Crippen LogP) is 1.11. The first-order valence-electron chi connectivity index (χ1n) is 1.49. The zero-order chi connectivity index (χ0) is 5.49. The molecule has 1 rings (SSSR count). The molecule has 2 nitrogen and oxygen atoms in total. The van der Waals surface area contributed by atoms with Gasteiger partial charge in [0.25, 0.3) is 0 Å². The van der Waals surface area contributed by atoms with E-state index in [9.17, 15) is 8.78 Å². The van der Waals surface area contributed by atoms with E-state index in [0.29, 0.717) is 0 Å². The molecule has 0 atom stereocenters. The Morgan fingerprint density at radius 3 is 1.86 bits per heavy atom. The summed E-state index contributed by atoms with van der Waals surface area (Å²) < 4.78 is 22.8. The molecule has 0 N–H and O–H groups in total. The van der Waals surface area contributed by atoms with Crippen LogP contribution >= 0.6 is 11.6 Å². The maximum Gasteiger partial charge on any atom is 0.377 e. The van der Waals surface area contributed by atoms with Crippen molar-refractivity contribution in [3.05, 3.63) is 0 Å². The molecule has 0 aromatic heterocycles. The molecule has 0 amide bonds.